The Hall–Kier alpha value is -4.51. The first-order valence-electron chi connectivity index (χ1n) is 14.3. The van der Waals surface area contributed by atoms with Gasteiger partial charge in [0.25, 0.3) is 11.5 Å². The number of amides is 1. The molecule has 3 N–H and O–H groups in total. The summed E-state index contributed by atoms with van der Waals surface area (Å²) in [7, 11) is 1.45. The van der Waals surface area contributed by atoms with E-state index < -0.39 is 5.82 Å². The van der Waals surface area contributed by atoms with E-state index in [9.17, 15) is 14.7 Å². The molecule has 2 aliphatic heterocycles. The molecule has 2 aliphatic rings. The number of likely N-dealkylation sites (tertiary alicyclic amines) is 1. The quantitative estimate of drug-likeness (QED) is 0.309. The van der Waals surface area contributed by atoms with Gasteiger partial charge in [-0.3, -0.25) is 9.59 Å². The average molecular weight is 573 g/mol. The van der Waals surface area contributed by atoms with Gasteiger partial charge in [0.05, 0.1) is 52.9 Å². The zero-order chi connectivity index (χ0) is 29.2. The Morgan fingerprint density at radius 3 is 2.60 bits per heavy atom. The van der Waals surface area contributed by atoms with Crippen molar-refractivity contribution in [1.82, 2.24) is 19.9 Å². The Balaban J connectivity index is 1.35. The first kappa shape index (κ1) is 27.6. The van der Waals surface area contributed by atoms with Gasteiger partial charge in [-0.05, 0) is 68.5 Å². The first-order chi connectivity index (χ1) is 20.4. The maximum atomic E-state index is 15.7. The molecule has 11 heteroatoms. The number of nitrogens with zero attached hydrogens (tertiary/aromatic N) is 4. The molecular weight excluding hydrogens is 539 g/mol. The van der Waals surface area contributed by atoms with Crippen molar-refractivity contribution in [3.8, 4) is 17.0 Å². The van der Waals surface area contributed by atoms with E-state index in [0.717, 1.165) is 38.0 Å². The number of nitrogens with one attached hydrogen (secondary N) is 2. The van der Waals surface area contributed by atoms with Crippen LogP contribution in [0.4, 0.5) is 21.6 Å². The van der Waals surface area contributed by atoms with Crippen molar-refractivity contribution in [3.63, 3.8) is 0 Å². The fourth-order valence-corrected chi connectivity index (χ4v) is 5.69. The number of aliphatic hydroxyl groups is 1. The van der Waals surface area contributed by atoms with E-state index in [1.54, 1.807) is 23.2 Å². The highest BCUT2D eigenvalue weighted by atomic mass is 19.1. The molecule has 4 aromatic rings. The fourth-order valence-electron chi connectivity index (χ4n) is 5.69. The monoisotopic (exact) mass is 572 g/mol. The number of ether oxygens (including phenoxy) is 1. The molecule has 0 saturated carbocycles. The molecule has 10 nitrogen and oxygen atoms in total. The minimum atomic E-state index is -0.618. The minimum Gasteiger partial charge on any atom is -0.496 e. The smallest absolute Gasteiger partial charge is 0.259 e. The Morgan fingerprint density at radius 1 is 1.10 bits per heavy atom. The fraction of sp³-hybridized carbons (Fsp3) is 0.355. The summed E-state index contributed by atoms with van der Waals surface area (Å²) in [5.41, 5.74) is 1.95. The second kappa shape index (κ2) is 11.8. The third-order valence-corrected chi connectivity index (χ3v) is 8.01. The van der Waals surface area contributed by atoms with Gasteiger partial charge in [-0.15, -0.1) is 0 Å². The number of hydrogen-bond acceptors (Lipinski definition) is 8. The standard InChI is InChI=1S/C31H33FN6O4/c1-42-27-16-21(23(32)15-22(27)31(41)38-11-3-2-4-12-38)25-17-26(29-24(35-25)7-10-33-30(29)40)36-28-6-5-19(18-34-28)37-13-8-20(39)9-14-37/h5-7,10,15-18,20,39H,2-4,8-9,11-14H2,1H3,(H,33,40)(H,34,35,36). The lowest BCUT2D eigenvalue weighted by molar-refractivity contribution is 0.0720. The maximum Gasteiger partial charge on any atom is 0.259 e. The van der Waals surface area contributed by atoms with Gasteiger partial charge in [0.2, 0.25) is 0 Å². The van der Waals surface area contributed by atoms with Gasteiger partial charge in [-0.25, -0.2) is 14.4 Å². The van der Waals surface area contributed by atoms with E-state index in [4.69, 9.17) is 4.74 Å². The SMILES string of the molecule is COc1cc(-c2cc(Nc3ccc(N4CCC(O)CC4)cn3)c3c(=O)[nH]ccc3n2)c(F)cc1C(=O)N1CCCCC1. The van der Waals surface area contributed by atoms with Crippen LogP contribution in [0.3, 0.4) is 0 Å². The minimum absolute atomic E-state index is 0.142. The number of halogens is 1. The summed E-state index contributed by atoms with van der Waals surface area (Å²) in [6, 6.07) is 9.69. The summed E-state index contributed by atoms with van der Waals surface area (Å²) in [5.74, 6) is -0.120. The number of pyridine rings is 3. The third kappa shape index (κ3) is 5.52. The van der Waals surface area contributed by atoms with Crippen LogP contribution in [0.1, 0.15) is 42.5 Å². The van der Waals surface area contributed by atoms with E-state index in [-0.39, 0.29) is 40.1 Å². The number of anilines is 3. The Bertz CT molecular complexity index is 1660. The average Bonchev–Trinajstić information content (AvgIpc) is 3.01. The predicted molar refractivity (Wildman–Crippen MR) is 159 cm³/mol. The highest BCUT2D eigenvalue weighted by Gasteiger charge is 2.25. The van der Waals surface area contributed by atoms with Crippen LogP contribution >= 0.6 is 0 Å². The lowest BCUT2D eigenvalue weighted by Crippen LogP contribution is -2.35. The second-order valence-electron chi connectivity index (χ2n) is 10.8. The normalized spacial score (nSPS) is 16.1. The molecule has 218 valence electrons. The lowest BCUT2D eigenvalue weighted by Gasteiger charge is -2.31. The van der Waals surface area contributed by atoms with Crippen LogP contribution in [-0.4, -0.2) is 70.3 Å². The molecule has 0 spiro atoms. The largest absolute Gasteiger partial charge is 0.496 e. The zero-order valence-electron chi connectivity index (χ0n) is 23.4. The topological polar surface area (TPSA) is 124 Å². The van der Waals surface area contributed by atoms with Gasteiger partial charge < -0.3 is 29.9 Å². The summed E-state index contributed by atoms with van der Waals surface area (Å²) < 4.78 is 21.2. The highest BCUT2D eigenvalue weighted by Crippen LogP contribution is 2.34. The van der Waals surface area contributed by atoms with Gasteiger partial charge in [0, 0.05) is 37.9 Å². The zero-order valence-corrected chi connectivity index (χ0v) is 23.4. The molecule has 0 radical (unpaired) electrons. The number of rotatable bonds is 6. The summed E-state index contributed by atoms with van der Waals surface area (Å²) in [6.07, 6.45) is 7.31. The molecule has 1 aromatic carbocycles. The number of carbonyl (C=O) groups is 1. The first-order valence-corrected chi connectivity index (χ1v) is 14.3. The molecule has 1 amide bonds. The molecule has 42 heavy (non-hydrogen) atoms. The van der Waals surface area contributed by atoms with Crippen LogP contribution in [0, 0.1) is 5.82 Å². The summed E-state index contributed by atoms with van der Waals surface area (Å²) in [4.78, 5) is 41.7. The molecule has 6 rings (SSSR count). The number of hydrogen-bond donors (Lipinski definition) is 3. The highest BCUT2D eigenvalue weighted by molar-refractivity contribution is 5.98. The van der Waals surface area contributed by atoms with E-state index in [0.29, 0.717) is 48.3 Å². The van der Waals surface area contributed by atoms with Crippen molar-refractivity contribution in [3.05, 3.63) is 70.5 Å². The van der Waals surface area contributed by atoms with Gasteiger partial charge in [0.1, 0.15) is 17.4 Å². The summed E-state index contributed by atoms with van der Waals surface area (Å²) in [6.45, 7) is 2.77. The number of aromatic nitrogens is 3. The van der Waals surface area contributed by atoms with Crippen molar-refractivity contribution in [1.29, 1.82) is 0 Å². The Kier molecular flexibility index (Phi) is 7.75. The Morgan fingerprint density at radius 2 is 1.88 bits per heavy atom. The lowest BCUT2D eigenvalue weighted by atomic mass is 10.0. The van der Waals surface area contributed by atoms with E-state index >= 15 is 4.39 Å². The number of piperidine rings is 2. The van der Waals surface area contributed by atoms with Crippen LogP contribution in [0.5, 0.6) is 5.75 Å². The maximum absolute atomic E-state index is 15.7. The molecule has 5 heterocycles. The van der Waals surface area contributed by atoms with Crippen molar-refractivity contribution in [2.24, 2.45) is 0 Å². The molecule has 0 aliphatic carbocycles. The van der Waals surface area contributed by atoms with E-state index in [2.05, 4.69) is 25.2 Å². The van der Waals surface area contributed by atoms with Gasteiger partial charge >= 0.3 is 0 Å². The number of methoxy groups -OCH3 is 1. The number of carbonyl (C=O) groups excluding carboxylic acids is 1. The van der Waals surface area contributed by atoms with Gasteiger partial charge in [-0.1, -0.05) is 0 Å². The van der Waals surface area contributed by atoms with Gasteiger partial charge in [-0.2, -0.15) is 0 Å². The van der Waals surface area contributed by atoms with Crippen molar-refractivity contribution in [2.75, 3.05) is 43.5 Å². The van der Waals surface area contributed by atoms with Crippen LogP contribution in [0.2, 0.25) is 0 Å². The molecule has 2 fully saturated rings. The van der Waals surface area contributed by atoms with Crippen molar-refractivity contribution >= 4 is 34.0 Å². The molecule has 3 aromatic heterocycles. The van der Waals surface area contributed by atoms with E-state index in [1.807, 2.05) is 12.1 Å². The number of benzene rings is 1. The number of aliphatic hydroxyl groups excluding tert-OH is 1. The molecule has 0 unspecified atom stereocenters. The summed E-state index contributed by atoms with van der Waals surface area (Å²) in [5, 5.41) is 13.3. The van der Waals surface area contributed by atoms with Crippen LogP contribution < -0.4 is 20.5 Å². The predicted octanol–water partition coefficient (Wildman–Crippen LogP) is 4.46. The molecular formula is C31H33FN6O4. The second-order valence-corrected chi connectivity index (χ2v) is 10.8. The van der Waals surface area contributed by atoms with Crippen molar-refractivity contribution < 1.29 is 19.0 Å². The van der Waals surface area contributed by atoms with Crippen LogP contribution in [-0.2, 0) is 0 Å². The number of aromatic amines is 1. The summed E-state index contributed by atoms with van der Waals surface area (Å²) >= 11 is 0. The van der Waals surface area contributed by atoms with Crippen LogP contribution in [0.15, 0.2) is 53.6 Å². The van der Waals surface area contributed by atoms with Gasteiger partial charge in [0.15, 0.2) is 0 Å². The molecule has 2 saturated heterocycles. The van der Waals surface area contributed by atoms with E-state index in [1.165, 1.54) is 25.4 Å². The molecule has 0 atom stereocenters. The number of fused-ring (bicyclic) bond motifs is 1. The third-order valence-electron chi connectivity index (χ3n) is 8.01. The van der Waals surface area contributed by atoms with Crippen LogP contribution in [0.25, 0.3) is 22.2 Å². The Labute approximate surface area is 242 Å². The van der Waals surface area contributed by atoms with Crippen molar-refractivity contribution in [2.45, 2.75) is 38.2 Å². The molecule has 0 bridgehead atoms. The number of H-pyrrole nitrogens is 1.